The number of thioether (sulfide) groups is 1. The Morgan fingerprint density at radius 2 is 1.60 bits per heavy atom. The van der Waals surface area contributed by atoms with Gasteiger partial charge in [-0.05, 0) is 110 Å². The molecule has 0 saturated carbocycles. The second-order valence-corrected chi connectivity index (χ2v) is 18.0. The molecule has 1 atom stereocenters. The van der Waals surface area contributed by atoms with E-state index < -0.39 is 10.0 Å². The van der Waals surface area contributed by atoms with Gasteiger partial charge in [-0.2, -0.15) is 0 Å². The number of hydrogen-bond acceptors (Lipinski definition) is 9. The number of sulfonamides is 1. The fourth-order valence-corrected chi connectivity index (χ4v) is 9.61. The summed E-state index contributed by atoms with van der Waals surface area (Å²) >= 11 is 7.94. The SMILES string of the molecule is CN(C)CC[C@H](CSc1ccccc1)Cc1ccc(S(=O)(=O)NC2=NCc3cc(N4CCN(Cc5ccccc5-c5ccc(Cl)cc5)CC4)ccc32)cc1[NH+]=O.[OH-]. The first-order valence-corrected chi connectivity index (χ1v) is 21.9. The molecule has 1 saturated heterocycles. The number of aliphatic imine (C=N–C) groups is 1. The molecule has 1 fully saturated rings. The Morgan fingerprint density at radius 3 is 2.33 bits per heavy atom. The molecule has 0 radical (unpaired) electrons. The fraction of sp³-hybridized carbons (Fsp3) is 0.295. The number of amidine groups is 1. The quantitative estimate of drug-likeness (QED) is 0.111. The van der Waals surface area contributed by atoms with Gasteiger partial charge < -0.3 is 15.3 Å². The van der Waals surface area contributed by atoms with E-state index >= 15 is 0 Å². The minimum atomic E-state index is -4.01. The number of piperazine rings is 1. The summed E-state index contributed by atoms with van der Waals surface area (Å²) in [5, 5.41) is 2.76. The normalized spacial score (nSPS) is 14.8. The van der Waals surface area contributed by atoms with E-state index in [-0.39, 0.29) is 22.0 Å². The molecule has 0 spiro atoms. The summed E-state index contributed by atoms with van der Waals surface area (Å²) in [7, 11) is 0.0992. The molecule has 5 aromatic carbocycles. The van der Waals surface area contributed by atoms with Crippen LogP contribution in [-0.2, 0) is 29.5 Å². The standard InChI is InChI=1S/C44H47ClN6O3S2.H2O/c1-49(2)21-20-32(31-55-39-9-4-3-5-10-39)26-34-14-18-40(28-43(34)47-52)56(53,54)48-44-42-19-17-38(27-36(42)29-46-44)51-24-22-50(23-25-51)30-35-8-6-7-11-41(35)33-12-15-37(45)16-13-33;/h3-19,27-28,32H,20-26,29-31H2,1-2H3,(H,46,48);1H2/t32-;/m0./s1. The van der Waals surface area contributed by atoms with Gasteiger partial charge in [0.15, 0.2) is 0 Å². The lowest BCUT2D eigenvalue weighted by molar-refractivity contribution is -0.380. The average molecular weight is 826 g/mol. The van der Waals surface area contributed by atoms with Crippen LogP contribution in [0.1, 0.15) is 28.7 Å². The van der Waals surface area contributed by atoms with Crippen molar-refractivity contribution >= 4 is 50.6 Å². The topological polar surface area (TPSA) is 129 Å². The number of nitrogens with one attached hydrogen (secondary N) is 2. The van der Waals surface area contributed by atoms with Gasteiger partial charge >= 0.3 is 0 Å². The van der Waals surface area contributed by atoms with E-state index in [0.717, 1.165) is 84.4 Å². The Bertz CT molecular complexity index is 2280. The maximum absolute atomic E-state index is 13.7. The molecule has 7 rings (SSSR count). The number of fused-ring (bicyclic) bond motifs is 1. The molecule has 0 aromatic heterocycles. The van der Waals surface area contributed by atoms with Crippen LogP contribution in [0.4, 0.5) is 11.4 Å². The number of anilines is 1. The molecule has 2 aliphatic heterocycles. The van der Waals surface area contributed by atoms with Gasteiger partial charge in [0.2, 0.25) is 0 Å². The summed E-state index contributed by atoms with van der Waals surface area (Å²) in [6, 6.07) is 37.8. The Kier molecular flexibility index (Phi) is 14.2. The summed E-state index contributed by atoms with van der Waals surface area (Å²) < 4.78 is 30.1. The molecule has 13 heteroatoms. The predicted molar refractivity (Wildman–Crippen MR) is 231 cm³/mol. The van der Waals surface area contributed by atoms with Gasteiger partial charge in [-0.25, -0.2) is 8.42 Å². The number of rotatable bonds is 15. The third-order valence-electron chi connectivity index (χ3n) is 10.5. The molecular weight excluding hydrogens is 776 g/mol. The highest BCUT2D eigenvalue weighted by Gasteiger charge is 2.27. The average Bonchev–Trinajstić information content (AvgIpc) is 3.61. The lowest BCUT2D eigenvalue weighted by atomic mass is 9.96. The summed E-state index contributed by atoms with van der Waals surface area (Å²) in [5.74, 6) is 1.49. The van der Waals surface area contributed by atoms with Crippen LogP contribution in [-0.4, -0.2) is 82.1 Å². The van der Waals surface area contributed by atoms with Gasteiger partial charge in [0.05, 0.1) is 11.4 Å². The second-order valence-electron chi connectivity index (χ2n) is 14.7. The van der Waals surface area contributed by atoms with Gasteiger partial charge in [-0.1, -0.05) is 72.3 Å². The molecule has 0 unspecified atom stereocenters. The predicted octanol–water partition coefficient (Wildman–Crippen LogP) is 6.77. The zero-order chi connectivity index (χ0) is 39.1. The van der Waals surface area contributed by atoms with Crippen molar-refractivity contribution in [1.82, 2.24) is 14.5 Å². The van der Waals surface area contributed by atoms with Crippen LogP contribution in [0.2, 0.25) is 5.02 Å². The van der Waals surface area contributed by atoms with Crippen molar-refractivity contribution in [2.24, 2.45) is 10.9 Å². The Hall–Kier alpha value is -4.56. The monoisotopic (exact) mass is 824 g/mol. The third-order valence-corrected chi connectivity index (χ3v) is 13.3. The lowest BCUT2D eigenvalue weighted by Gasteiger charge is -2.36. The molecule has 57 heavy (non-hydrogen) atoms. The number of benzene rings is 5. The van der Waals surface area contributed by atoms with Crippen LogP contribution < -0.4 is 14.8 Å². The summed E-state index contributed by atoms with van der Waals surface area (Å²) in [6.45, 7) is 5.80. The second kappa shape index (κ2) is 19.3. The highest BCUT2D eigenvalue weighted by atomic mass is 35.5. The Balaban J connectivity index is 0.00000549. The van der Waals surface area contributed by atoms with Crippen molar-refractivity contribution < 1.29 is 19.1 Å². The van der Waals surface area contributed by atoms with E-state index in [1.807, 2.05) is 41.6 Å². The van der Waals surface area contributed by atoms with Crippen LogP contribution in [0.5, 0.6) is 0 Å². The van der Waals surface area contributed by atoms with E-state index in [2.05, 4.69) is 99.2 Å². The van der Waals surface area contributed by atoms with Crippen LogP contribution in [0.3, 0.4) is 0 Å². The van der Waals surface area contributed by atoms with E-state index in [1.165, 1.54) is 22.1 Å². The van der Waals surface area contributed by atoms with E-state index in [0.29, 0.717) is 18.8 Å². The summed E-state index contributed by atoms with van der Waals surface area (Å²) in [4.78, 5) is 25.0. The smallest absolute Gasteiger partial charge is 0.263 e. The minimum absolute atomic E-state index is 0. The van der Waals surface area contributed by atoms with Gasteiger partial charge in [0.1, 0.15) is 5.84 Å². The van der Waals surface area contributed by atoms with Crippen molar-refractivity contribution in [2.75, 3.05) is 57.5 Å². The van der Waals surface area contributed by atoms with E-state index in [1.54, 1.807) is 23.9 Å². The molecule has 0 bridgehead atoms. The Morgan fingerprint density at radius 1 is 0.860 bits per heavy atom. The van der Waals surface area contributed by atoms with E-state index in [4.69, 9.17) is 11.6 Å². The zero-order valence-electron chi connectivity index (χ0n) is 32.3. The van der Waals surface area contributed by atoms with E-state index in [9.17, 15) is 13.3 Å². The molecular formula is C44H49ClN6O4S2. The van der Waals surface area contributed by atoms with Crippen molar-refractivity contribution in [3.05, 3.63) is 147 Å². The fourth-order valence-electron chi connectivity index (χ4n) is 7.36. The van der Waals surface area contributed by atoms with Crippen LogP contribution >= 0.6 is 23.4 Å². The number of nitrogens with zero attached hydrogens (tertiary/aromatic N) is 4. The van der Waals surface area contributed by atoms with Crippen molar-refractivity contribution in [3.8, 4) is 11.1 Å². The first-order valence-electron chi connectivity index (χ1n) is 19.0. The highest BCUT2D eigenvalue weighted by Crippen LogP contribution is 2.30. The van der Waals surface area contributed by atoms with Crippen LogP contribution in [0.15, 0.2) is 130 Å². The highest BCUT2D eigenvalue weighted by molar-refractivity contribution is 7.99. The number of nitroso groups, excluding NO2 is 1. The van der Waals surface area contributed by atoms with Gasteiger partial charge in [-0.15, -0.1) is 11.8 Å². The first kappa shape index (κ1) is 42.1. The molecule has 2 aliphatic rings. The van der Waals surface area contributed by atoms with Crippen molar-refractivity contribution in [3.63, 3.8) is 0 Å². The van der Waals surface area contributed by atoms with Gasteiger partial charge in [-0.3, -0.25) is 14.6 Å². The lowest BCUT2D eigenvalue weighted by Crippen LogP contribution is -2.56. The molecule has 298 valence electrons. The molecule has 0 amide bonds. The summed E-state index contributed by atoms with van der Waals surface area (Å²) in [5.41, 5.74) is 7.62. The van der Waals surface area contributed by atoms with Crippen LogP contribution in [0.25, 0.3) is 11.1 Å². The molecule has 3 N–H and O–H groups in total. The van der Waals surface area contributed by atoms with Gasteiger partial charge in [0.25, 0.3) is 15.7 Å². The Labute approximate surface area is 345 Å². The maximum atomic E-state index is 13.7. The van der Waals surface area contributed by atoms with Gasteiger partial charge in [0, 0.05) is 81.4 Å². The zero-order valence-corrected chi connectivity index (χ0v) is 34.7. The largest absolute Gasteiger partial charge is 0.870 e. The van der Waals surface area contributed by atoms with Crippen LogP contribution in [0, 0.1) is 10.8 Å². The maximum Gasteiger partial charge on any atom is 0.263 e. The number of hydrogen-bond donors (Lipinski definition) is 2. The van der Waals surface area contributed by atoms with Crippen molar-refractivity contribution in [2.45, 2.75) is 35.7 Å². The number of halogens is 1. The molecule has 5 aromatic rings. The molecule has 10 nitrogen and oxygen atoms in total. The third kappa shape index (κ3) is 10.7. The minimum Gasteiger partial charge on any atom is -0.870 e. The first-order chi connectivity index (χ1) is 27.1. The van der Waals surface area contributed by atoms with Crippen molar-refractivity contribution in [1.29, 1.82) is 0 Å². The summed E-state index contributed by atoms with van der Waals surface area (Å²) in [6.07, 6.45) is 1.60. The molecule has 0 aliphatic carbocycles. The molecule has 2 heterocycles.